The predicted octanol–water partition coefficient (Wildman–Crippen LogP) is 3.94. The van der Waals surface area contributed by atoms with E-state index in [0.717, 1.165) is 15.3 Å². The molecule has 0 amide bonds. The van der Waals surface area contributed by atoms with Gasteiger partial charge in [0.1, 0.15) is 0 Å². The number of alkyl halides is 1. The van der Waals surface area contributed by atoms with Gasteiger partial charge in [-0.25, -0.2) is 0 Å². The summed E-state index contributed by atoms with van der Waals surface area (Å²) in [4.78, 5) is 2.31. The lowest BCUT2D eigenvalue weighted by Gasteiger charge is -2.01. The Morgan fingerprint density at radius 2 is 2.29 bits per heavy atom. The van der Waals surface area contributed by atoms with Gasteiger partial charge in [-0.05, 0) is 23.8 Å². The standard InChI is InChI=1S/C10H10ClNS2/c1-13-8-3-2-6-4-7(5-11)14-10(6)9(8)12/h2-4H,5,12H2,1H3. The summed E-state index contributed by atoms with van der Waals surface area (Å²) in [6.07, 6.45) is 2.04. The normalized spacial score (nSPS) is 11.0. The second-order valence-corrected chi connectivity index (χ2v) is 5.20. The molecule has 1 aromatic carbocycles. The van der Waals surface area contributed by atoms with Crippen LogP contribution in [0, 0.1) is 0 Å². The highest BCUT2D eigenvalue weighted by Crippen LogP contribution is 2.36. The number of hydrogen-bond donors (Lipinski definition) is 1. The first-order valence-corrected chi connectivity index (χ1v) is 6.74. The molecule has 1 aromatic heterocycles. The molecule has 0 fully saturated rings. The first-order chi connectivity index (χ1) is 6.76. The predicted molar refractivity (Wildman–Crippen MR) is 67.6 cm³/mol. The molecule has 0 saturated heterocycles. The molecule has 0 saturated carbocycles. The van der Waals surface area contributed by atoms with Crippen LogP contribution in [0.25, 0.3) is 10.1 Å². The van der Waals surface area contributed by atoms with Crippen LogP contribution in [0.1, 0.15) is 4.88 Å². The third kappa shape index (κ3) is 1.60. The lowest BCUT2D eigenvalue weighted by atomic mass is 10.2. The molecular formula is C10H10ClNS2. The Morgan fingerprint density at radius 3 is 2.93 bits per heavy atom. The summed E-state index contributed by atoms with van der Waals surface area (Å²) in [6.45, 7) is 0. The minimum Gasteiger partial charge on any atom is -0.397 e. The Hall–Kier alpha value is -0.380. The fraction of sp³-hybridized carbons (Fsp3) is 0.200. The average Bonchev–Trinajstić information content (AvgIpc) is 2.62. The molecule has 2 N–H and O–H groups in total. The van der Waals surface area contributed by atoms with Gasteiger partial charge in [0.05, 0.1) is 16.3 Å². The van der Waals surface area contributed by atoms with Crippen LogP contribution in [0.3, 0.4) is 0 Å². The summed E-state index contributed by atoms with van der Waals surface area (Å²) < 4.78 is 1.16. The van der Waals surface area contributed by atoms with Crippen molar-refractivity contribution in [2.45, 2.75) is 10.8 Å². The van der Waals surface area contributed by atoms with Crippen molar-refractivity contribution in [3.63, 3.8) is 0 Å². The Bertz CT molecular complexity index is 464. The molecule has 1 nitrogen and oxygen atoms in total. The van der Waals surface area contributed by atoms with Crippen molar-refractivity contribution >= 4 is 50.5 Å². The number of anilines is 1. The molecule has 0 atom stereocenters. The molecule has 0 bridgehead atoms. The van der Waals surface area contributed by atoms with Crippen molar-refractivity contribution in [1.29, 1.82) is 0 Å². The van der Waals surface area contributed by atoms with E-state index in [1.807, 2.05) is 6.26 Å². The molecule has 0 spiro atoms. The monoisotopic (exact) mass is 243 g/mol. The fourth-order valence-electron chi connectivity index (χ4n) is 1.40. The summed E-state index contributed by atoms with van der Waals surface area (Å²) in [5, 5.41) is 1.20. The molecular weight excluding hydrogens is 234 g/mol. The van der Waals surface area contributed by atoms with Crippen molar-refractivity contribution in [2.24, 2.45) is 0 Å². The highest BCUT2D eigenvalue weighted by molar-refractivity contribution is 7.98. The summed E-state index contributed by atoms with van der Waals surface area (Å²) in [5.41, 5.74) is 6.93. The molecule has 4 heteroatoms. The molecule has 1 heterocycles. The van der Waals surface area contributed by atoms with Gasteiger partial charge in [0.15, 0.2) is 0 Å². The number of thiophene rings is 1. The lowest BCUT2D eigenvalue weighted by molar-refractivity contribution is 1.52. The Balaban J connectivity index is 2.68. The van der Waals surface area contributed by atoms with E-state index < -0.39 is 0 Å². The highest BCUT2D eigenvalue weighted by Gasteiger charge is 2.07. The van der Waals surface area contributed by atoms with Crippen LogP contribution in [0.5, 0.6) is 0 Å². The molecule has 2 aromatic rings. The van der Waals surface area contributed by atoms with Gasteiger partial charge in [-0.2, -0.15) is 0 Å². The molecule has 2 rings (SSSR count). The number of nitrogen functional groups attached to an aromatic ring is 1. The number of benzene rings is 1. The van der Waals surface area contributed by atoms with Gasteiger partial charge in [-0.3, -0.25) is 0 Å². The number of halogens is 1. The number of nitrogens with two attached hydrogens (primary N) is 1. The van der Waals surface area contributed by atoms with Crippen molar-refractivity contribution < 1.29 is 0 Å². The molecule has 74 valence electrons. The highest BCUT2D eigenvalue weighted by atomic mass is 35.5. The average molecular weight is 244 g/mol. The van der Waals surface area contributed by atoms with Crippen LogP contribution in [-0.2, 0) is 5.88 Å². The quantitative estimate of drug-likeness (QED) is 0.491. The first-order valence-electron chi connectivity index (χ1n) is 4.17. The zero-order valence-corrected chi connectivity index (χ0v) is 10.1. The Labute approximate surface area is 96.2 Å². The van der Waals surface area contributed by atoms with Gasteiger partial charge in [0.2, 0.25) is 0 Å². The third-order valence-corrected chi connectivity index (χ3v) is 4.51. The van der Waals surface area contributed by atoms with Crippen LogP contribution < -0.4 is 5.73 Å². The minimum atomic E-state index is 0.563. The zero-order chi connectivity index (χ0) is 10.1. The van der Waals surface area contributed by atoms with Crippen molar-refractivity contribution in [1.82, 2.24) is 0 Å². The summed E-state index contributed by atoms with van der Waals surface area (Å²) in [5.74, 6) is 0.563. The summed E-state index contributed by atoms with van der Waals surface area (Å²) in [6, 6.07) is 6.27. The van der Waals surface area contributed by atoms with Gasteiger partial charge in [-0.15, -0.1) is 34.7 Å². The second-order valence-electron chi connectivity index (χ2n) is 2.95. The SMILES string of the molecule is CSc1ccc2cc(CCl)sc2c1N. The van der Waals surface area contributed by atoms with Gasteiger partial charge < -0.3 is 5.73 Å². The van der Waals surface area contributed by atoms with E-state index in [0.29, 0.717) is 5.88 Å². The number of rotatable bonds is 2. The van der Waals surface area contributed by atoms with Gasteiger partial charge in [0.25, 0.3) is 0 Å². The molecule has 0 aliphatic rings. The van der Waals surface area contributed by atoms with Crippen LogP contribution in [0.2, 0.25) is 0 Å². The van der Waals surface area contributed by atoms with Gasteiger partial charge >= 0.3 is 0 Å². The van der Waals surface area contributed by atoms with Crippen LogP contribution >= 0.6 is 34.7 Å². The topological polar surface area (TPSA) is 26.0 Å². The van der Waals surface area contributed by atoms with E-state index >= 15 is 0 Å². The molecule has 14 heavy (non-hydrogen) atoms. The fourth-order valence-corrected chi connectivity index (χ4v) is 3.20. The van der Waals surface area contributed by atoms with Crippen molar-refractivity contribution in [3.8, 4) is 0 Å². The van der Waals surface area contributed by atoms with Crippen LogP contribution in [-0.4, -0.2) is 6.26 Å². The van der Waals surface area contributed by atoms with E-state index in [1.54, 1.807) is 23.1 Å². The zero-order valence-electron chi connectivity index (χ0n) is 7.71. The smallest absolute Gasteiger partial charge is 0.0633 e. The van der Waals surface area contributed by atoms with Crippen LogP contribution in [0.15, 0.2) is 23.1 Å². The lowest BCUT2D eigenvalue weighted by Crippen LogP contribution is -1.87. The van der Waals surface area contributed by atoms with E-state index in [4.69, 9.17) is 17.3 Å². The first kappa shape index (κ1) is 10.1. The molecule has 0 aliphatic carbocycles. The van der Waals surface area contributed by atoms with Crippen molar-refractivity contribution in [2.75, 3.05) is 12.0 Å². The van der Waals surface area contributed by atoms with E-state index in [2.05, 4.69) is 18.2 Å². The molecule has 0 radical (unpaired) electrons. The molecule has 0 aliphatic heterocycles. The van der Waals surface area contributed by atoms with Crippen molar-refractivity contribution in [3.05, 3.63) is 23.1 Å². The van der Waals surface area contributed by atoms with Crippen LogP contribution in [0.4, 0.5) is 5.69 Å². The van der Waals surface area contributed by atoms with Gasteiger partial charge in [0, 0.05) is 9.77 Å². The van der Waals surface area contributed by atoms with E-state index in [9.17, 15) is 0 Å². The van der Waals surface area contributed by atoms with Gasteiger partial charge in [-0.1, -0.05) is 6.07 Å². The molecule has 0 unspecified atom stereocenters. The largest absolute Gasteiger partial charge is 0.397 e. The maximum atomic E-state index is 6.04. The maximum absolute atomic E-state index is 6.04. The minimum absolute atomic E-state index is 0.563. The Kier molecular flexibility index (Phi) is 2.91. The third-order valence-electron chi connectivity index (χ3n) is 2.09. The number of thioether (sulfide) groups is 1. The maximum Gasteiger partial charge on any atom is 0.0633 e. The summed E-state index contributed by atoms with van der Waals surface area (Å²) in [7, 11) is 0. The second kappa shape index (κ2) is 4.01. The number of hydrogen-bond acceptors (Lipinski definition) is 3. The van der Waals surface area contributed by atoms with E-state index in [-0.39, 0.29) is 0 Å². The Morgan fingerprint density at radius 1 is 1.50 bits per heavy atom. The number of fused-ring (bicyclic) bond motifs is 1. The van der Waals surface area contributed by atoms with E-state index in [1.165, 1.54) is 10.3 Å². The summed E-state index contributed by atoms with van der Waals surface area (Å²) >= 11 is 9.15.